The van der Waals surface area contributed by atoms with Crippen LogP contribution in [0.2, 0.25) is 0 Å². The second-order valence-electron chi connectivity index (χ2n) is 4.55. The maximum absolute atomic E-state index is 5.71. The molecule has 0 radical (unpaired) electrons. The summed E-state index contributed by atoms with van der Waals surface area (Å²) < 4.78 is 6.63. The molecule has 0 unspecified atom stereocenters. The Hall–Kier alpha value is -1.39. The largest absolute Gasteiger partial charge is 0.487 e. The van der Waals surface area contributed by atoms with Crippen LogP contribution in [0.5, 0.6) is 5.75 Å². The van der Waals surface area contributed by atoms with Crippen LogP contribution in [0, 0.1) is 0 Å². The molecule has 2 rings (SSSR count). The van der Waals surface area contributed by atoms with Crippen LogP contribution >= 0.6 is 15.9 Å². The highest BCUT2D eigenvalue weighted by Gasteiger charge is 1.98. The molecule has 4 heteroatoms. The van der Waals surface area contributed by atoms with Gasteiger partial charge in [-0.05, 0) is 52.6 Å². The van der Waals surface area contributed by atoms with Crippen molar-refractivity contribution in [3.63, 3.8) is 0 Å². The molecule has 0 amide bonds. The molecule has 0 saturated carbocycles. The third kappa shape index (κ3) is 4.94. The molecule has 106 valence electrons. The lowest BCUT2D eigenvalue weighted by Crippen LogP contribution is -2.15. The van der Waals surface area contributed by atoms with E-state index in [1.54, 1.807) is 12.4 Å². The minimum absolute atomic E-state index is 0.561. The quantitative estimate of drug-likeness (QED) is 0.786. The zero-order valence-corrected chi connectivity index (χ0v) is 13.2. The van der Waals surface area contributed by atoms with Gasteiger partial charge in [0.15, 0.2) is 0 Å². The average Bonchev–Trinajstić information content (AvgIpc) is 2.47. The van der Waals surface area contributed by atoms with Crippen molar-refractivity contribution in [1.82, 2.24) is 10.3 Å². The third-order valence-electron chi connectivity index (χ3n) is 2.95. The second kappa shape index (κ2) is 8.02. The Labute approximate surface area is 128 Å². The number of likely N-dealkylation sites (N-methyl/N-ethyl adjacent to an activating group) is 1. The Kier molecular flexibility index (Phi) is 6.02. The van der Waals surface area contributed by atoms with Gasteiger partial charge < -0.3 is 10.1 Å². The SMILES string of the molecule is CCNCCc1ccc(COc2cncc(Br)c2)cc1. The van der Waals surface area contributed by atoms with Crippen molar-refractivity contribution in [3.8, 4) is 5.75 Å². The van der Waals surface area contributed by atoms with E-state index >= 15 is 0 Å². The first kappa shape index (κ1) is 15.0. The summed E-state index contributed by atoms with van der Waals surface area (Å²) in [6.07, 6.45) is 4.52. The summed E-state index contributed by atoms with van der Waals surface area (Å²) in [5.41, 5.74) is 2.51. The molecule has 1 heterocycles. The van der Waals surface area contributed by atoms with Crippen molar-refractivity contribution in [1.29, 1.82) is 0 Å². The van der Waals surface area contributed by atoms with E-state index in [1.165, 1.54) is 5.56 Å². The first-order valence-corrected chi connectivity index (χ1v) is 7.59. The van der Waals surface area contributed by atoms with E-state index in [0.29, 0.717) is 6.61 Å². The van der Waals surface area contributed by atoms with Crippen molar-refractivity contribution in [2.45, 2.75) is 20.0 Å². The number of rotatable bonds is 7. The van der Waals surface area contributed by atoms with E-state index in [0.717, 1.165) is 35.3 Å². The van der Waals surface area contributed by atoms with Crippen LogP contribution in [0.1, 0.15) is 18.1 Å². The lowest BCUT2D eigenvalue weighted by Gasteiger charge is -2.07. The fraction of sp³-hybridized carbons (Fsp3) is 0.312. The standard InChI is InChI=1S/C16H19BrN2O/c1-2-18-8-7-13-3-5-14(6-4-13)12-20-16-9-15(17)10-19-11-16/h3-6,9-11,18H,2,7-8,12H2,1H3. The van der Waals surface area contributed by atoms with E-state index in [1.807, 2.05) is 6.07 Å². The van der Waals surface area contributed by atoms with Crippen LogP contribution in [-0.4, -0.2) is 18.1 Å². The molecule has 0 fully saturated rings. The van der Waals surface area contributed by atoms with Gasteiger partial charge in [0.1, 0.15) is 12.4 Å². The molecule has 0 aliphatic rings. The van der Waals surface area contributed by atoms with Gasteiger partial charge in [-0.15, -0.1) is 0 Å². The first-order chi connectivity index (χ1) is 9.78. The molecule has 1 aromatic carbocycles. The number of hydrogen-bond donors (Lipinski definition) is 1. The number of pyridine rings is 1. The Morgan fingerprint density at radius 1 is 1.15 bits per heavy atom. The molecular formula is C16H19BrN2O. The summed E-state index contributed by atoms with van der Waals surface area (Å²) in [6, 6.07) is 10.5. The maximum atomic E-state index is 5.71. The van der Waals surface area contributed by atoms with E-state index in [4.69, 9.17) is 4.74 Å². The summed E-state index contributed by atoms with van der Waals surface area (Å²) in [5.74, 6) is 0.774. The topological polar surface area (TPSA) is 34.1 Å². The van der Waals surface area contributed by atoms with Crippen molar-refractivity contribution in [2.24, 2.45) is 0 Å². The van der Waals surface area contributed by atoms with E-state index < -0.39 is 0 Å². The van der Waals surface area contributed by atoms with Gasteiger partial charge in [0.2, 0.25) is 0 Å². The molecule has 0 spiro atoms. The smallest absolute Gasteiger partial charge is 0.139 e. The molecule has 2 aromatic rings. The Morgan fingerprint density at radius 3 is 2.60 bits per heavy atom. The van der Waals surface area contributed by atoms with Gasteiger partial charge in [-0.3, -0.25) is 4.98 Å². The molecule has 1 N–H and O–H groups in total. The number of ether oxygens (including phenoxy) is 1. The highest BCUT2D eigenvalue weighted by molar-refractivity contribution is 9.10. The van der Waals surface area contributed by atoms with Gasteiger partial charge in [-0.2, -0.15) is 0 Å². The van der Waals surface area contributed by atoms with Gasteiger partial charge in [-0.25, -0.2) is 0 Å². The zero-order chi connectivity index (χ0) is 14.2. The third-order valence-corrected chi connectivity index (χ3v) is 3.38. The van der Waals surface area contributed by atoms with Gasteiger partial charge >= 0.3 is 0 Å². The fourth-order valence-electron chi connectivity index (χ4n) is 1.85. The van der Waals surface area contributed by atoms with Crippen molar-refractivity contribution < 1.29 is 4.74 Å². The molecule has 0 atom stereocenters. The van der Waals surface area contributed by atoms with Crippen LogP contribution in [0.15, 0.2) is 47.2 Å². The average molecular weight is 335 g/mol. The van der Waals surface area contributed by atoms with Gasteiger partial charge in [0.25, 0.3) is 0 Å². The highest BCUT2D eigenvalue weighted by atomic mass is 79.9. The molecule has 20 heavy (non-hydrogen) atoms. The summed E-state index contributed by atoms with van der Waals surface area (Å²) in [6.45, 7) is 4.73. The predicted octanol–water partition coefficient (Wildman–Crippen LogP) is 3.58. The minimum Gasteiger partial charge on any atom is -0.487 e. The predicted molar refractivity (Wildman–Crippen MR) is 85.0 cm³/mol. The molecule has 0 aliphatic carbocycles. The van der Waals surface area contributed by atoms with Gasteiger partial charge in [0, 0.05) is 10.7 Å². The zero-order valence-electron chi connectivity index (χ0n) is 11.6. The number of nitrogens with one attached hydrogen (secondary N) is 1. The second-order valence-corrected chi connectivity index (χ2v) is 5.46. The number of aromatic nitrogens is 1. The molecule has 1 aromatic heterocycles. The fourth-order valence-corrected chi connectivity index (χ4v) is 2.19. The molecular weight excluding hydrogens is 316 g/mol. The van der Waals surface area contributed by atoms with E-state index in [9.17, 15) is 0 Å². The summed E-state index contributed by atoms with van der Waals surface area (Å²) in [4.78, 5) is 4.07. The van der Waals surface area contributed by atoms with Crippen molar-refractivity contribution in [3.05, 3.63) is 58.3 Å². The highest BCUT2D eigenvalue weighted by Crippen LogP contribution is 2.17. The maximum Gasteiger partial charge on any atom is 0.139 e. The summed E-state index contributed by atoms with van der Waals surface area (Å²) >= 11 is 3.38. The normalized spacial score (nSPS) is 10.5. The number of benzene rings is 1. The molecule has 0 aliphatic heterocycles. The molecule has 3 nitrogen and oxygen atoms in total. The lowest BCUT2D eigenvalue weighted by molar-refractivity contribution is 0.304. The summed E-state index contributed by atoms with van der Waals surface area (Å²) in [5, 5.41) is 3.33. The first-order valence-electron chi connectivity index (χ1n) is 6.80. The Bertz CT molecular complexity index is 528. The van der Waals surface area contributed by atoms with Crippen LogP contribution < -0.4 is 10.1 Å². The van der Waals surface area contributed by atoms with Crippen molar-refractivity contribution >= 4 is 15.9 Å². The van der Waals surface area contributed by atoms with Crippen LogP contribution in [0.4, 0.5) is 0 Å². The lowest BCUT2D eigenvalue weighted by atomic mass is 10.1. The van der Waals surface area contributed by atoms with Crippen LogP contribution in [0.3, 0.4) is 0 Å². The van der Waals surface area contributed by atoms with E-state index in [-0.39, 0.29) is 0 Å². The van der Waals surface area contributed by atoms with Crippen molar-refractivity contribution in [2.75, 3.05) is 13.1 Å². The summed E-state index contributed by atoms with van der Waals surface area (Å²) in [7, 11) is 0. The van der Waals surface area contributed by atoms with Gasteiger partial charge in [0.05, 0.1) is 6.20 Å². The Morgan fingerprint density at radius 2 is 1.90 bits per heavy atom. The molecule has 0 bridgehead atoms. The minimum atomic E-state index is 0.561. The number of nitrogens with zero attached hydrogens (tertiary/aromatic N) is 1. The van der Waals surface area contributed by atoms with E-state index in [2.05, 4.69) is 57.4 Å². The monoisotopic (exact) mass is 334 g/mol. The van der Waals surface area contributed by atoms with Crippen LogP contribution in [-0.2, 0) is 13.0 Å². The van der Waals surface area contributed by atoms with Gasteiger partial charge in [-0.1, -0.05) is 31.2 Å². The van der Waals surface area contributed by atoms with Crippen LogP contribution in [0.25, 0.3) is 0 Å². The number of halogens is 1. The Balaban J connectivity index is 1.84. The number of hydrogen-bond acceptors (Lipinski definition) is 3. The molecule has 0 saturated heterocycles.